The van der Waals surface area contributed by atoms with Crippen LogP contribution in [0.15, 0.2) is 142 Å². The Bertz CT molecular complexity index is 2780. The van der Waals surface area contributed by atoms with Gasteiger partial charge in [-0.1, -0.05) is 84.9 Å². The van der Waals surface area contributed by atoms with E-state index in [1.807, 2.05) is 97.1 Å². The lowest BCUT2D eigenvalue weighted by Crippen LogP contribution is -2.00. The van der Waals surface area contributed by atoms with Crippen molar-refractivity contribution in [1.29, 1.82) is 0 Å². The Morgan fingerprint density at radius 1 is 0.426 bits per heavy atom. The molecule has 10 aromatic rings. The first-order chi connectivity index (χ1) is 23.3. The maximum absolute atomic E-state index is 6.46. The van der Waals surface area contributed by atoms with Crippen LogP contribution >= 0.6 is 11.3 Å². The summed E-state index contributed by atoms with van der Waals surface area (Å²) in [5, 5.41) is 4.95. The van der Waals surface area contributed by atoms with Crippen LogP contribution in [0.25, 0.3) is 98.8 Å². The zero-order valence-electron chi connectivity index (χ0n) is 24.7. The summed E-state index contributed by atoms with van der Waals surface area (Å²) in [5.41, 5.74) is 7.88. The number of hydrogen-bond acceptors (Lipinski definition) is 7. The molecule has 6 nitrogen and oxygen atoms in total. The van der Waals surface area contributed by atoms with E-state index in [-0.39, 0.29) is 0 Å². The molecule has 0 aliphatic rings. The maximum atomic E-state index is 6.46. The largest absolute Gasteiger partial charge is 0.456 e. The van der Waals surface area contributed by atoms with E-state index in [9.17, 15) is 0 Å². The monoisotopic (exact) mass is 622 g/mol. The summed E-state index contributed by atoms with van der Waals surface area (Å²) in [6, 6.07) is 44.6. The molecule has 0 aliphatic carbocycles. The fraction of sp³-hybridized carbons (Fsp3) is 0. The van der Waals surface area contributed by atoms with E-state index in [1.54, 1.807) is 11.3 Å². The number of nitrogens with zero attached hydrogens (tertiary/aromatic N) is 4. The van der Waals surface area contributed by atoms with Gasteiger partial charge in [0.25, 0.3) is 0 Å². The Morgan fingerprint density at radius 3 is 1.91 bits per heavy atom. The molecular formula is C40H22N4O2S. The van der Waals surface area contributed by atoms with Crippen molar-refractivity contribution in [2.45, 2.75) is 0 Å². The molecule has 10 rings (SSSR count). The molecule has 0 bridgehead atoms. The summed E-state index contributed by atoms with van der Waals surface area (Å²) in [5.74, 6) is 1.74. The highest BCUT2D eigenvalue weighted by Gasteiger charge is 2.21. The molecule has 4 heterocycles. The number of rotatable bonds is 4. The van der Waals surface area contributed by atoms with Gasteiger partial charge in [-0.2, -0.15) is 0 Å². The van der Waals surface area contributed by atoms with E-state index >= 15 is 0 Å². The highest BCUT2D eigenvalue weighted by Crippen LogP contribution is 2.43. The van der Waals surface area contributed by atoms with Gasteiger partial charge in [-0.25, -0.2) is 19.9 Å². The first kappa shape index (κ1) is 26.1. The lowest BCUT2D eigenvalue weighted by molar-refractivity contribution is 0.668. The second-order valence-corrected chi connectivity index (χ2v) is 12.5. The molecule has 0 unspecified atom stereocenters. The minimum Gasteiger partial charge on any atom is -0.456 e. The van der Waals surface area contributed by atoms with Crippen molar-refractivity contribution >= 4 is 65.4 Å². The Balaban J connectivity index is 1.23. The molecule has 47 heavy (non-hydrogen) atoms. The van der Waals surface area contributed by atoms with Crippen LogP contribution in [0.2, 0.25) is 0 Å². The first-order valence-corrected chi connectivity index (χ1v) is 16.1. The van der Waals surface area contributed by atoms with Crippen molar-refractivity contribution in [3.8, 4) is 44.7 Å². The van der Waals surface area contributed by atoms with Gasteiger partial charge in [-0.05, 0) is 48.5 Å². The third-order valence-corrected chi connectivity index (χ3v) is 9.66. The highest BCUT2D eigenvalue weighted by molar-refractivity contribution is 7.21. The number of furan rings is 2. The SMILES string of the molecule is c1ccc(-c2nc(-c3ccc4oc5ccccc5c4c3)nc(-c3cccc4oc5cccc(-c6nc7ccccc7s6)c5c34)n2)cc1. The highest BCUT2D eigenvalue weighted by atomic mass is 32.1. The molecule has 0 spiro atoms. The molecule has 0 atom stereocenters. The first-order valence-electron chi connectivity index (χ1n) is 15.3. The molecular weight excluding hydrogens is 601 g/mol. The van der Waals surface area contributed by atoms with E-state index in [2.05, 4.69) is 36.4 Å². The lowest BCUT2D eigenvalue weighted by Gasteiger charge is -2.10. The molecule has 6 aromatic carbocycles. The van der Waals surface area contributed by atoms with Crippen molar-refractivity contribution in [3.05, 3.63) is 133 Å². The molecule has 0 aliphatic heterocycles. The normalized spacial score (nSPS) is 11.8. The number of para-hydroxylation sites is 2. The number of aromatic nitrogens is 4. The Morgan fingerprint density at radius 2 is 1.06 bits per heavy atom. The Hall–Kier alpha value is -6.18. The molecule has 0 saturated heterocycles. The van der Waals surface area contributed by atoms with Gasteiger partial charge in [0.15, 0.2) is 17.5 Å². The minimum atomic E-state index is 0.568. The quantitative estimate of drug-likeness (QED) is 0.194. The van der Waals surface area contributed by atoms with Crippen LogP contribution in [0.3, 0.4) is 0 Å². The Labute approximate surface area is 271 Å². The molecule has 0 radical (unpaired) electrons. The van der Waals surface area contributed by atoms with E-state index < -0.39 is 0 Å². The van der Waals surface area contributed by atoms with Crippen LogP contribution in [-0.2, 0) is 0 Å². The zero-order valence-corrected chi connectivity index (χ0v) is 25.5. The second kappa shape index (κ2) is 10.2. The fourth-order valence-electron chi connectivity index (χ4n) is 6.43. The third kappa shape index (κ3) is 4.17. The van der Waals surface area contributed by atoms with Crippen LogP contribution in [0.5, 0.6) is 0 Å². The smallest absolute Gasteiger partial charge is 0.164 e. The van der Waals surface area contributed by atoms with Gasteiger partial charge in [-0.3, -0.25) is 0 Å². The Kier molecular flexibility index (Phi) is 5.64. The number of hydrogen-bond donors (Lipinski definition) is 0. The predicted molar refractivity (Wildman–Crippen MR) is 189 cm³/mol. The van der Waals surface area contributed by atoms with Crippen LogP contribution in [0.1, 0.15) is 0 Å². The van der Waals surface area contributed by atoms with Crippen molar-refractivity contribution < 1.29 is 8.83 Å². The van der Waals surface area contributed by atoms with Gasteiger partial charge in [0.1, 0.15) is 27.3 Å². The molecule has 220 valence electrons. The molecule has 0 fully saturated rings. The summed E-state index contributed by atoms with van der Waals surface area (Å²) in [6.07, 6.45) is 0. The van der Waals surface area contributed by atoms with Crippen LogP contribution in [0, 0.1) is 0 Å². The maximum Gasteiger partial charge on any atom is 0.164 e. The fourth-order valence-corrected chi connectivity index (χ4v) is 7.42. The topological polar surface area (TPSA) is 77.8 Å². The third-order valence-electron chi connectivity index (χ3n) is 8.59. The van der Waals surface area contributed by atoms with E-state index in [0.717, 1.165) is 81.4 Å². The molecule has 7 heteroatoms. The van der Waals surface area contributed by atoms with Gasteiger partial charge >= 0.3 is 0 Å². The lowest BCUT2D eigenvalue weighted by atomic mass is 10.0. The van der Waals surface area contributed by atoms with E-state index in [0.29, 0.717) is 17.5 Å². The van der Waals surface area contributed by atoms with E-state index in [1.165, 1.54) is 0 Å². The van der Waals surface area contributed by atoms with Gasteiger partial charge in [0.05, 0.1) is 10.2 Å². The molecule has 0 saturated carbocycles. The summed E-state index contributed by atoms with van der Waals surface area (Å²) in [4.78, 5) is 20.2. The average Bonchev–Trinajstić information content (AvgIpc) is 3.84. The number of fused-ring (bicyclic) bond motifs is 7. The number of thiazole rings is 1. The van der Waals surface area contributed by atoms with Gasteiger partial charge < -0.3 is 8.83 Å². The number of benzene rings is 6. The van der Waals surface area contributed by atoms with Crippen molar-refractivity contribution in [1.82, 2.24) is 19.9 Å². The standard InChI is InChI=1S/C40H22N4O2S/c1-2-10-23(11-3-1)37-42-38(24-20-21-31-28(22-24)25-12-4-6-16-30(25)45-31)44-39(43-37)26-13-8-17-32-35(26)36-27(14-9-18-33(36)46-32)40-41-29-15-5-7-19-34(29)47-40/h1-22H. The van der Waals surface area contributed by atoms with Gasteiger partial charge in [0.2, 0.25) is 0 Å². The van der Waals surface area contributed by atoms with Crippen molar-refractivity contribution in [2.75, 3.05) is 0 Å². The minimum absolute atomic E-state index is 0.568. The predicted octanol–water partition coefficient (Wildman–Crippen LogP) is 10.9. The molecule has 4 aromatic heterocycles. The summed E-state index contributed by atoms with van der Waals surface area (Å²) < 4.78 is 13.7. The average molecular weight is 623 g/mol. The second-order valence-electron chi connectivity index (χ2n) is 11.4. The van der Waals surface area contributed by atoms with Gasteiger partial charge in [0, 0.05) is 43.8 Å². The summed E-state index contributed by atoms with van der Waals surface area (Å²) in [7, 11) is 0. The molecule has 0 N–H and O–H groups in total. The van der Waals surface area contributed by atoms with Crippen LogP contribution in [-0.4, -0.2) is 19.9 Å². The molecule has 0 amide bonds. The van der Waals surface area contributed by atoms with Crippen molar-refractivity contribution in [2.24, 2.45) is 0 Å². The zero-order chi connectivity index (χ0) is 30.9. The summed E-state index contributed by atoms with van der Waals surface area (Å²) >= 11 is 1.68. The van der Waals surface area contributed by atoms with Crippen LogP contribution < -0.4 is 0 Å². The van der Waals surface area contributed by atoms with Gasteiger partial charge in [-0.15, -0.1) is 11.3 Å². The van der Waals surface area contributed by atoms with Crippen molar-refractivity contribution in [3.63, 3.8) is 0 Å². The summed E-state index contributed by atoms with van der Waals surface area (Å²) in [6.45, 7) is 0. The van der Waals surface area contributed by atoms with Crippen LogP contribution in [0.4, 0.5) is 0 Å². The van der Waals surface area contributed by atoms with E-state index in [4.69, 9.17) is 28.8 Å².